The lowest BCUT2D eigenvalue weighted by molar-refractivity contribution is -0.384. The first-order valence-electron chi connectivity index (χ1n) is 5.38. The van der Waals surface area contributed by atoms with Gasteiger partial charge in [-0.3, -0.25) is 10.1 Å². The molecule has 102 valence electrons. The number of non-ortho nitro benzene ring substituents is 1. The van der Waals surface area contributed by atoms with Crippen LogP contribution in [0.25, 0.3) is 0 Å². The Morgan fingerprint density at radius 2 is 1.80 bits per heavy atom. The van der Waals surface area contributed by atoms with E-state index in [4.69, 9.17) is 0 Å². The highest BCUT2D eigenvalue weighted by Gasteiger charge is 2.18. The van der Waals surface area contributed by atoms with Gasteiger partial charge in [0.2, 0.25) is 5.95 Å². The van der Waals surface area contributed by atoms with Crippen molar-refractivity contribution in [2.75, 3.05) is 4.90 Å². The Morgan fingerprint density at radius 3 is 2.25 bits per heavy atom. The molecular weight excluding hydrogens is 269 g/mol. The lowest BCUT2D eigenvalue weighted by Gasteiger charge is -2.18. The van der Waals surface area contributed by atoms with E-state index in [1.807, 2.05) is 0 Å². The van der Waals surface area contributed by atoms with Gasteiger partial charge >= 0.3 is 6.09 Å². The van der Waals surface area contributed by atoms with Crippen molar-refractivity contribution < 1.29 is 19.2 Å². The summed E-state index contributed by atoms with van der Waals surface area (Å²) in [6.45, 7) is 0. The maximum Gasteiger partial charge on any atom is 0.416 e. The van der Waals surface area contributed by atoms with Gasteiger partial charge in [-0.2, -0.15) is 4.39 Å². The molecule has 0 atom stereocenters. The standard InChI is InChI=1S/C12H8FN3O4/c13-11-6-5-10(7-14-11)15(12(17)18)8-1-3-9(4-2-8)16(19)20/h1-7H,(H,17,18). The topological polar surface area (TPSA) is 96.6 Å². The van der Waals surface area contributed by atoms with Crippen molar-refractivity contribution in [2.45, 2.75) is 0 Å². The van der Waals surface area contributed by atoms with E-state index in [9.17, 15) is 24.4 Å². The molecule has 0 aliphatic rings. The average molecular weight is 277 g/mol. The first kappa shape index (κ1) is 13.4. The predicted molar refractivity (Wildman–Crippen MR) is 67.5 cm³/mol. The minimum Gasteiger partial charge on any atom is -0.464 e. The number of nitrogens with zero attached hydrogens (tertiary/aromatic N) is 3. The minimum atomic E-state index is -1.31. The van der Waals surface area contributed by atoms with E-state index in [-0.39, 0.29) is 17.1 Å². The summed E-state index contributed by atoms with van der Waals surface area (Å²) in [6, 6.07) is 7.21. The smallest absolute Gasteiger partial charge is 0.416 e. The molecule has 1 heterocycles. The third kappa shape index (κ3) is 2.69. The second-order valence-corrected chi connectivity index (χ2v) is 3.73. The zero-order chi connectivity index (χ0) is 14.7. The number of halogens is 1. The van der Waals surface area contributed by atoms with Gasteiger partial charge in [-0.05, 0) is 24.3 Å². The first-order valence-corrected chi connectivity index (χ1v) is 5.38. The van der Waals surface area contributed by atoms with E-state index in [0.717, 1.165) is 17.2 Å². The quantitative estimate of drug-likeness (QED) is 0.528. The molecule has 1 aromatic heterocycles. The van der Waals surface area contributed by atoms with E-state index in [1.165, 1.54) is 30.3 Å². The van der Waals surface area contributed by atoms with Gasteiger partial charge in [-0.25, -0.2) is 14.7 Å². The van der Waals surface area contributed by atoms with Crippen LogP contribution in [0.1, 0.15) is 0 Å². The van der Waals surface area contributed by atoms with Crippen LogP contribution < -0.4 is 4.90 Å². The monoisotopic (exact) mass is 277 g/mol. The molecule has 7 nitrogen and oxygen atoms in total. The molecule has 2 aromatic rings. The van der Waals surface area contributed by atoms with Crippen LogP contribution >= 0.6 is 0 Å². The van der Waals surface area contributed by atoms with Gasteiger partial charge in [0.15, 0.2) is 0 Å². The molecule has 1 N–H and O–H groups in total. The highest BCUT2D eigenvalue weighted by atomic mass is 19.1. The Labute approximate surface area is 112 Å². The number of carbonyl (C=O) groups is 1. The zero-order valence-electron chi connectivity index (χ0n) is 9.93. The summed E-state index contributed by atoms with van der Waals surface area (Å²) in [5, 5.41) is 19.7. The fourth-order valence-electron chi connectivity index (χ4n) is 1.59. The number of hydrogen-bond acceptors (Lipinski definition) is 4. The number of hydrogen-bond donors (Lipinski definition) is 1. The largest absolute Gasteiger partial charge is 0.464 e. The Hall–Kier alpha value is -3.03. The van der Waals surface area contributed by atoms with Gasteiger partial charge in [0.1, 0.15) is 0 Å². The van der Waals surface area contributed by atoms with Crippen molar-refractivity contribution in [2.24, 2.45) is 0 Å². The van der Waals surface area contributed by atoms with Gasteiger partial charge in [0.05, 0.1) is 22.5 Å². The Morgan fingerprint density at radius 1 is 1.20 bits per heavy atom. The highest BCUT2D eigenvalue weighted by molar-refractivity contribution is 5.94. The molecule has 0 bridgehead atoms. The average Bonchev–Trinajstić information content (AvgIpc) is 2.41. The highest BCUT2D eigenvalue weighted by Crippen LogP contribution is 2.26. The number of rotatable bonds is 3. The van der Waals surface area contributed by atoms with E-state index in [0.29, 0.717) is 0 Å². The number of pyridine rings is 1. The van der Waals surface area contributed by atoms with Gasteiger partial charge in [0, 0.05) is 12.1 Å². The van der Waals surface area contributed by atoms with E-state index < -0.39 is 17.0 Å². The third-order valence-electron chi connectivity index (χ3n) is 2.48. The fraction of sp³-hybridized carbons (Fsp3) is 0. The van der Waals surface area contributed by atoms with Crippen LogP contribution in [0.3, 0.4) is 0 Å². The molecule has 0 saturated carbocycles. The maximum atomic E-state index is 12.7. The number of anilines is 2. The number of carboxylic acid groups (broad SMARTS) is 1. The minimum absolute atomic E-state index is 0.132. The molecule has 0 fully saturated rings. The molecule has 0 unspecified atom stereocenters. The number of nitro benzene ring substituents is 1. The third-order valence-corrected chi connectivity index (χ3v) is 2.48. The SMILES string of the molecule is O=C(O)N(c1ccc([N+](=O)[O-])cc1)c1ccc(F)nc1. The molecule has 0 radical (unpaired) electrons. The van der Waals surface area contributed by atoms with Gasteiger partial charge in [0.25, 0.3) is 5.69 Å². The fourth-order valence-corrected chi connectivity index (χ4v) is 1.59. The molecule has 1 aromatic carbocycles. The maximum absolute atomic E-state index is 12.7. The number of nitro groups is 1. The molecule has 2 rings (SSSR count). The van der Waals surface area contributed by atoms with E-state index >= 15 is 0 Å². The van der Waals surface area contributed by atoms with Crippen molar-refractivity contribution in [1.82, 2.24) is 4.98 Å². The number of amides is 1. The molecule has 8 heteroatoms. The van der Waals surface area contributed by atoms with Crippen molar-refractivity contribution >= 4 is 23.2 Å². The van der Waals surface area contributed by atoms with Gasteiger partial charge in [-0.15, -0.1) is 0 Å². The first-order chi connectivity index (χ1) is 9.49. The van der Waals surface area contributed by atoms with Crippen molar-refractivity contribution in [1.29, 1.82) is 0 Å². The second kappa shape index (κ2) is 5.31. The van der Waals surface area contributed by atoms with Gasteiger partial charge < -0.3 is 5.11 Å². The van der Waals surface area contributed by atoms with E-state index in [1.54, 1.807) is 0 Å². The second-order valence-electron chi connectivity index (χ2n) is 3.73. The van der Waals surface area contributed by atoms with Crippen molar-refractivity contribution in [3.63, 3.8) is 0 Å². The van der Waals surface area contributed by atoms with Crippen LogP contribution in [0.5, 0.6) is 0 Å². The Kier molecular flexibility index (Phi) is 3.56. The normalized spacial score (nSPS) is 10.1. The van der Waals surface area contributed by atoms with Crippen molar-refractivity contribution in [3.05, 3.63) is 58.7 Å². The van der Waals surface area contributed by atoms with Gasteiger partial charge in [-0.1, -0.05) is 0 Å². The summed E-state index contributed by atoms with van der Waals surface area (Å²) in [5.41, 5.74) is 0.167. The molecule has 1 amide bonds. The van der Waals surface area contributed by atoms with Crippen LogP contribution in [-0.2, 0) is 0 Å². The summed E-state index contributed by atoms with van der Waals surface area (Å²) >= 11 is 0. The Bertz CT molecular complexity index is 643. The van der Waals surface area contributed by atoms with Crippen LogP contribution in [-0.4, -0.2) is 21.1 Å². The van der Waals surface area contributed by atoms with Crippen LogP contribution in [0.4, 0.5) is 26.2 Å². The molecule has 20 heavy (non-hydrogen) atoms. The molecule has 0 aliphatic carbocycles. The summed E-state index contributed by atoms with van der Waals surface area (Å²) in [5.74, 6) is -0.734. The van der Waals surface area contributed by atoms with Crippen LogP contribution in [0.15, 0.2) is 42.6 Å². The summed E-state index contributed by atoms with van der Waals surface area (Å²) in [7, 11) is 0. The molecule has 0 saturated heterocycles. The lowest BCUT2D eigenvalue weighted by atomic mass is 10.2. The Balaban J connectivity index is 2.40. The molecule has 0 aliphatic heterocycles. The lowest BCUT2D eigenvalue weighted by Crippen LogP contribution is -2.23. The van der Waals surface area contributed by atoms with Crippen molar-refractivity contribution in [3.8, 4) is 0 Å². The van der Waals surface area contributed by atoms with E-state index in [2.05, 4.69) is 4.98 Å². The number of benzene rings is 1. The number of aromatic nitrogens is 1. The summed E-state index contributed by atoms with van der Waals surface area (Å²) < 4.78 is 12.7. The van der Waals surface area contributed by atoms with Crippen LogP contribution in [0, 0.1) is 16.1 Å². The summed E-state index contributed by atoms with van der Waals surface area (Å²) in [6.07, 6.45) is -0.252. The summed E-state index contributed by atoms with van der Waals surface area (Å²) in [4.78, 5) is 25.5. The van der Waals surface area contributed by atoms with Crippen LogP contribution in [0.2, 0.25) is 0 Å². The molecule has 0 spiro atoms. The predicted octanol–water partition coefficient (Wildman–Crippen LogP) is 2.95. The zero-order valence-corrected chi connectivity index (χ0v) is 9.93. The molecular formula is C12H8FN3O4.